The van der Waals surface area contributed by atoms with Gasteiger partial charge in [-0.3, -0.25) is 18.7 Å². The molecule has 0 spiro atoms. The molecule has 1 aliphatic rings. The van der Waals surface area contributed by atoms with Crippen molar-refractivity contribution in [2.45, 2.75) is 58.5 Å². The van der Waals surface area contributed by atoms with E-state index in [2.05, 4.69) is 12.2 Å². The standard InChI is InChI=1S/C25H30FN3O3S/c1-2-3-12-27-23(30)19-9-7-17(8-10-19)15-29-24(31)22-21(11-13-33-22)28(25(29)32)16-18-5-4-6-20(26)14-18/h4-6,11,13-14,17,19H,2-3,7-10,12,15-16H2,1H3,(H,27,30). The highest BCUT2D eigenvalue weighted by atomic mass is 32.1. The number of fused-ring (bicyclic) bond motifs is 1. The Morgan fingerprint density at radius 2 is 1.94 bits per heavy atom. The molecule has 1 aliphatic carbocycles. The fourth-order valence-corrected chi connectivity index (χ4v) is 5.51. The lowest BCUT2D eigenvalue weighted by molar-refractivity contribution is -0.126. The molecule has 2 aromatic heterocycles. The van der Waals surface area contributed by atoms with Crippen LogP contribution in [0.15, 0.2) is 45.3 Å². The SMILES string of the molecule is CCCCNC(=O)C1CCC(Cn2c(=O)c3sccc3n(Cc3cccc(F)c3)c2=O)CC1. The molecule has 1 saturated carbocycles. The van der Waals surface area contributed by atoms with Gasteiger partial charge in [0.25, 0.3) is 5.56 Å². The van der Waals surface area contributed by atoms with Gasteiger partial charge in [0.2, 0.25) is 5.91 Å². The number of unbranched alkanes of at least 4 members (excludes halogenated alkanes) is 1. The molecular formula is C25H30FN3O3S. The molecule has 1 amide bonds. The minimum absolute atomic E-state index is 0.0132. The third-order valence-corrected chi connectivity index (χ3v) is 7.45. The molecular weight excluding hydrogens is 441 g/mol. The number of thiophene rings is 1. The first-order valence-electron chi connectivity index (χ1n) is 11.7. The highest BCUT2D eigenvalue weighted by molar-refractivity contribution is 7.17. The summed E-state index contributed by atoms with van der Waals surface area (Å²) in [6.07, 6.45) is 5.20. The van der Waals surface area contributed by atoms with E-state index in [4.69, 9.17) is 0 Å². The van der Waals surface area contributed by atoms with Crippen molar-refractivity contribution < 1.29 is 9.18 Å². The van der Waals surface area contributed by atoms with Crippen molar-refractivity contribution in [3.05, 3.63) is 67.9 Å². The van der Waals surface area contributed by atoms with Crippen LogP contribution in [-0.2, 0) is 17.9 Å². The first-order chi connectivity index (χ1) is 16.0. The maximum absolute atomic E-state index is 13.7. The molecule has 33 heavy (non-hydrogen) atoms. The summed E-state index contributed by atoms with van der Waals surface area (Å²) in [7, 11) is 0. The Bertz CT molecular complexity index is 1240. The largest absolute Gasteiger partial charge is 0.356 e. The van der Waals surface area contributed by atoms with E-state index in [9.17, 15) is 18.8 Å². The van der Waals surface area contributed by atoms with Crippen molar-refractivity contribution in [2.24, 2.45) is 11.8 Å². The lowest BCUT2D eigenvalue weighted by Gasteiger charge is -2.28. The molecule has 4 rings (SSSR count). The first-order valence-corrected chi connectivity index (χ1v) is 12.6. The number of carbonyl (C=O) groups excluding carboxylic acids is 1. The highest BCUT2D eigenvalue weighted by Gasteiger charge is 2.27. The second-order valence-corrected chi connectivity index (χ2v) is 9.83. The molecule has 0 unspecified atom stereocenters. The first kappa shape index (κ1) is 23.4. The highest BCUT2D eigenvalue weighted by Crippen LogP contribution is 2.30. The maximum atomic E-state index is 13.7. The number of benzene rings is 1. The molecule has 0 aliphatic heterocycles. The van der Waals surface area contributed by atoms with Gasteiger partial charge in [-0.15, -0.1) is 11.3 Å². The number of carbonyl (C=O) groups is 1. The van der Waals surface area contributed by atoms with Gasteiger partial charge < -0.3 is 5.32 Å². The maximum Gasteiger partial charge on any atom is 0.331 e. The topological polar surface area (TPSA) is 73.1 Å². The third kappa shape index (κ3) is 5.27. The third-order valence-electron chi connectivity index (χ3n) is 6.55. The molecule has 1 N–H and O–H groups in total. The number of hydrogen-bond donors (Lipinski definition) is 1. The van der Waals surface area contributed by atoms with Gasteiger partial charge in [0, 0.05) is 19.0 Å². The van der Waals surface area contributed by atoms with Crippen LogP contribution in [0.5, 0.6) is 0 Å². The second-order valence-electron chi connectivity index (χ2n) is 8.91. The van der Waals surface area contributed by atoms with Crippen molar-refractivity contribution in [3.63, 3.8) is 0 Å². The number of rotatable bonds is 8. The molecule has 0 radical (unpaired) electrons. The van der Waals surface area contributed by atoms with Crippen LogP contribution in [0.3, 0.4) is 0 Å². The van der Waals surface area contributed by atoms with E-state index in [1.54, 1.807) is 28.1 Å². The molecule has 0 atom stereocenters. The summed E-state index contributed by atoms with van der Waals surface area (Å²) < 4.78 is 17.1. The Hall–Kier alpha value is -2.74. The number of halogens is 1. The van der Waals surface area contributed by atoms with Gasteiger partial charge in [0.05, 0.1) is 12.1 Å². The summed E-state index contributed by atoms with van der Waals surface area (Å²) in [6, 6.07) is 7.94. The molecule has 0 bridgehead atoms. The predicted molar refractivity (Wildman–Crippen MR) is 129 cm³/mol. The molecule has 1 aromatic carbocycles. The Morgan fingerprint density at radius 1 is 1.15 bits per heavy atom. The van der Waals surface area contributed by atoms with Crippen molar-refractivity contribution >= 4 is 27.5 Å². The normalized spacial score (nSPS) is 18.5. The van der Waals surface area contributed by atoms with Crippen LogP contribution in [0.1, 0.15) is 51.0 Å². The minimum atomic E-state index is -0.366. The van der Waals surface area contributed by atoms with Crippen molar-refractivity contribution in [1.82, 2.24) is 14.5 Å². The fourth-order valence-electron chi connectivity index (χ4n) is 4.66. The summed E-state index contributed by atoms with van der Waals surface area (Å²) >= 11 is 1.32. The Balaban J connectivity index is 1.52. The summed E-state index contributed by atoms with van der Waals surface area (Å²) in [5.74, 6) is -0.0446. The van der Waals surface area contributed by atoms with Crippen molar-refractivity contribution in [1.29, 1.82) is 0 Å². The van der Waals surface area contributed by atoms with Crippen molar-refractivity contribution in [3.8, 4) is 0 Å². The lowest BCUT2D eigenvalue weighted by Crippen LogP contribution is -2.42. The quantitative estimate of drug-likeness (QED) is 0.502. The monoisotopic (exact) mass is 471 g/mol. The molecule has 0 saturated heterocycles. The number of hydrogen-bond acceptors (Lipinski definition) is 4. The van der Waals surface area contributed by atoms with Crippen molar-refractivity contribution in [2.75, 3.05) is 6.54 Å². The second kappa shape index (κ2) is 10.5. The van der Waals surface area contributed by atoms with E-state index in [1.165, 1.54) is 28.0 Å². The minimum Gasteiger partial charge on any atom is -0.356 e. The van der Waals surface area contributed by atoms with Gasteiger partial charge in [-0.05, 0) is 67.2 Å². The van der Waals surface area contributed by atoms with E-state index in [1.807, 2.05) is 0 Å². The number of aromatic nitrogens is 2. The molecule has 8 heteroatoms. The molecule has 1 fully saturated rings. The van der Waals surface area contributed by atoms with Gasteiger partial charge in [0.15, 0.2) is 0 Å². The summed E-state index contributed by atoms with van der Waals surface area (Å²) in [5, 5.41) is 4.82. The van der Waals surface area contributed by atoms with Crippen LogP contribution in [0.25, 0.3) is 10.2 Å². The summed E-state index contributed by atoms with van der Waals surface area (Å²) in [6.45, 7) is 3.36. The van der Waals surface area contributed by atoms with Gasteiger partial charge in [-0.1, -0.05) is 25.5 Å². The van der Waals surface area contributed by atoms with Crippen LogP contribution < -0.4 is 16.6 Å². The molecule has 6 nitrogen and oxygen atoms in total. The number of amides is 1. The smallest absolute Gasteiger partial charge is 0.331 e. The summed E-state index contributed by atoms with van der Waals surface area (Å²) in [4.78, 5) is 38.8. The van der Waals surface area contributed by atoms with Gasteiger partial charge >= 0.3 is 5.69 Å². The van der Waals surface area contributed by atoms with Crippen LogP contribution in [0.4, 0.5) is 4.39 Å². The van der Waals surface area contributed by atoms with E-state index in [0.717, 1.165) is 45.1 Å². The van der Waals surface area contributed by atoms with E-state index >= 15 is 0 Å². The summed E-state index contributed by atoms with van der Waals surface area (Å²) in [5.41, 5.74) is 0.627. The zero-order valence-corrected chi connectivity index (χ0v) is 19.7. The molecule has 2 heterocycles. The Kier molecular flexibility index (Phi) is 7.42. The fraction of sp³-hybridized carbons (Fsp3) is 0.480. The molecule has 176 valence electrons. The average Bonchev–Trinajstić information content (AvgIpc) is 3.30. The van der Waals surface area contributed by atoms with E-state index in [-0.39, 0.29) is 41.4 Å². The van der Waals surface area contributed by atoms with Crippen LogP contribution in [0.2, 0.25) is 0 Å². The van der Waals surface area contributed by atoms with E-state index in [0.29, 0.717) is 22.3 Å². The lowest BCUT2D eigenvalue weighted by atomic mass is 9.81. The molecule has 3 aromatic rings. The van der Waals surface area contributed by atoms with Crippen LogP contribution in [-0.4, -0.2) is 21.6 Å². The van der Waals surface area contributed by atoms with Gasteiger partial charge in [0.1, 0.15) is 10.5 Å². The zero-order valence-electron chi connectivity index (χ0n) is 18.9. The van der Waals surface area contributed by atoms with Gasteiger partial charge in [-0.2, -0.15) is 0 Å². The Labute approximate surface area is 196 Å². The predicted octanol–water partition coefficient (Wildman–Crippen LogP) is 4.13. The van der Waals surface area contributed by atoms with E-state index < -0.39 is 0 Å². The van der Waals surface area contributed by atoms with Crippen LogP contribution >= 0.6 is 11.3 Å². The average molecular weight is 472 g/mol. The van der Waals surface area contributed by atoms with Gasteiger partial charge in [-0.25, -0.2) is 9.18 Å². The Morgan fingerprint density at radius 3 is 2.67 bits per heavy atom. The van der Waals surface area contributed by atoms with Crippen LogP contribution in [0, 0.1) is 17.7 Å². The zero-order chi connectivity index (χ0) is 23.4. The number of nitrogens with zero attached hydrogens (tertiary/aromatic N) is 2. The number of nitrogens with one attached hydrogen (secondary N) is 1.